The Morgan fingerprint density at radius 3 is 2.37 bits per heavy atom. The van der Waals surface area contributed by atoms with Gasteiger partial charge in [-0.2, -0.15) is 0 Å². The maximum atomic E-state index is 13.4. The highest BCUT2D eigenvalue weighted by Gasteiger charge is 2.09. The number of halogens is 2. The molecule has 0 saturated heterocycles. The Morgan fingerprint density at radius 2 is 1.58 bits per heavy atom. The Kier molecular flexibility index (Phi) is 2.88. The summed E-state index contributed by atoms with van der Waals surface area (Å²) in [6.07, 6.45) is 0. The normalized spacial score (nSPS) is 10.8. The largest absolute Gasteiger partial charge is 0.398 e. The molecular weight excluding hydrogens is 261 g/mol. The first-order chi connectivity index (χ1) is 9.16. The summed E-state index contributed by atoms with van der Waals surface area (Å²) in [7, 11) is 0. The SMILES string of the molecule is Nc1ccc(F)cc1-c1ccc(Cl)c2ccccc12. The summed E-state index contributed by atoms with van der Waals surface area (Å²) in [5.41, 5.74) is 8.07. The lowest BCUT2D eigenvalue weighted by molar-refractivity contribution is 0.628. The molecule has 0 aliphatic carbocycles. The molecule has 0 atom stereocenters. The van der Waals surface area contributed by atoms with Crippen LogP contribution in [0.5, 0.6) is 0 Å². The third-order valence-corrected chi connectivity index (χ3v) is 3.51. The van der Waals surface area contributed by atoms with E-state index in [1.165, 1.54) is 12.1 Å². The third kappa shape index (κ3) is 2.04. The van der Waals surface area contributed by atoms with Crippen LogP contribution < -0.4 is 5.73 Å². The third-order valence-electron chi connectivity index (χ3n) is 3.18. The van der Waals surface area contributed by atoms with E-state index < -0.39 is 0 Å². The minimum absolute atomic E-state index is 0.303. The van der Waals surface area contributed by atoms with E-state index in [2.05, 4.69) is 0 Å². The summed E-state index contributed by atoms with van der Waals surface area (Å²) in [6.45, 7) is 0. The van der Waals surface area contributed by atoms with Crippen LogP contribution in [-0.2, 0) is 0 Å². The summed E-state index contributed by atoms with van der Waals surface area (Å²) >= 11 is 6.18. The van der Waals surface area contributed by atoms with E-state index in [-0.39, 0.29) is 5.82 Å². The molecule has 2 N–H and O–H groups in total. The Bertz CT molecular complexity index is 768. The summed E-state index contributed by atoms with van der Waals surface area (Å²) in [5, 5.41) is 2.58. The maximum absolute atomic E-state index is 13.4. The van der Waals surface area contributed by atoms with Gasteiger partial charge in [-0.05, 0) is 35.2 Å². The molecule has 0 amide bonds. The van der Waals surface area contributed by atoms with Crippen LogP contribution in [0.25, 0.3) is 21.9 Å². The number of anilines is 1. The van der Waals surface area contributed by atoms with Crippen LogP contribution in [0.1, 0.15) is 0 Å². The van der Waals surface area contributed by atoms with E-state index in [9.17, 15) is 4.39 Å². The maximum Gasteiger partial charge on any atom is 0.123 e. The highest BCUT2D eigenvalue weighted by molar-refractivity contribution is 6.36. The van der Waals surface area contributed by atoms with Gasteiger partial charge < -0.3 is 5.73 Å². The van der Waals surface area contributed by atoms with Crippen LogP contribution in [0.15, 0.2) is 54.6 Å². The fraction of sp³-hybridized carbons (Fsp3) is 0. The molecule has 19 heavy (non-hydrogen) atoms. The van der Waals surface area contributed by atoms with Gasteiger partial charge in [0.25, 0.3) is 0 Å². The second kappa shape index (κ2) is 4.56. The van der Waals surface area contributed by atoms with Crippen molar-refractivity contribution in [2.24, 2.45) is 0 Å². The zero-order valence-electron chi connectivity index (χ0n) is 10.0. The Balaban J connectivity index is 2.37. The molecule has 0 heterocycles. The first-order valence-electron chi connectivity index (χ1n) is 5.89. The van der Waals surface area contributed by atoms with Crippen molar-refractivity contribution in [1.82, 2.24) is 0 Å². The fourth-order valence-corrected chi connectivity index (χ4v) is 2.49. The molecule has 3 heteroatoms. The molecule has 0 aliphatic heterocycles. The van der Waals surface area contributed by atoms with Gasteiger partial charge in [-0.1, -0.05) is 41.9 Å². The van der Waals surface area contributed by atoms with Gasteiger partial charge in [-0.15, -0.1) is 0 Å². The number of benzene rings is 3. The van der Waals surface area contributed by atoms with Crippen LogP contribution in [0.3, 0.4) is 0 Å². The number of rotatable bonds is 1. The summed E-state index contributed by atoms with van der Waals surface area (Å²) in [6, 6.07) is 15.8. The first-order valence-corrected chi connectivity index (χ1v) is 6.27. The molecule has 1 nitrogen and oxygen atoms in total. The highest BCUT2D eigenvalue weighted by atomic mass is 35.5. The predicted molar refractivity (Wildman–Crippen MR) is 78.8 cm³/mol. The van der Waals surface area contributed by atoms with Crippen molar-refractivity contribution in [2.45, 2.75) is 0 Å². The molecule has 0 radical (unpaired) electrons. The van der Waals surface area contributed by atoms with Crippen molar-refractivity contribution in [3.63, 3.8) is 0 Å². The van der Waals surface area contributed by atoms with Crippen LogP contribution in [0, 0.1) is 5.82 Å². The predicted octanol–water partition coefficient (Wildman–Crippen LogP) is 4.88. The monoisotopic (exact) mass is 271 g/mol. The van der Waals surface area contributed by atoms with Gasteiger partial charge in [-0.3, -0.25) is 0 Å². The molecule has 0 aromatic heterocycles. The number of hydrogen-bond donors (Lipinski definition) is 1. The van der Waals surface area contributed by atoms with Crippen molar-refractivity contribution in [3.05, 3.63) is 65.4 Å². The van der Waals surface area contributed by atoms with Crippen LogP contribution >= 0.6 is 11.6 Å². The van der Waals surface area contributed by atoms with Crippen LogP contribution in [-0.4, -0.2) is 0 Å². The van der Waals surface area contributed by atoms with Crippen molar-refractivity contribution in [2.75, 3.05) is 5.73 Å². The summed E-state index contributed by atoms with van der Waals surface area (Å²) < 4.78 is 13.4. The van der Waals surface area contributed by atoms with Gasteiger partial charge in [0.05, 0.1) is 0 Å². The molecule has 3 aromatic rings. The van der Waals surface area contributed by atoms with Crippen LogP contribution in [0.4, 0.5) is 10.1 Å². The van der Waals surface area contributed by atoms with Crippen LogP contribution in [0.2, 0.25) is 5.02 Å². The smallest absolute Gasteiger partial charge is 0.123 e. The standard InChI is InChI=1S/C16H11ClFN/c17-15-7-6-12(11-3-1-2-4-13(11)15)14-9-10(18)5-8-16(14)19/h1-9H,19H2. The molecule has 0 spiro atoms. The van der Waals surface area contributed by atoms with E-state index in [4.69, 9.17) is 17.3 Å². The van der Waals surface area contributed by atoms with E-state index in [1.54, 1.807) is 6.07 Å². The molecule has 0 fully saturated rings. The topological polar surface area (TPSA) is 26.0 Å². The Morgan fingerprint density at radius 1 is 0.842 bits per heavy atom. The molecular formula is C16H11ClFN. The quantitative estimate of drug-likeness (QED) is 0.627. The minimum Gasteiger partial charge on any atom is -0.398 e. The summed E-state index contributed by atoms with van der Waals surface area (Å²) in [5.74, 6) is -0.303. The van der Waals surface area contributed by atoms with E-state index in [0.29, 0.717) is 16.3 Å². The molecule has 3 aromatic carbocycles. The molecule has 0 saturated carbocycles. The molecule has 0 bridgehead atoms. The zero-order valence-corrected chi connectivity index (χ0v) is 10.8. The molecule has 0 aliphatic rings. The highest BCUT2D eigenvalue weighted by Crippen LogP contribution is 2.35. The van der Waals surface area contributed by atoms with Gasteiger partial charge >= 0.3 is 0 Å². The molecule has 3 rings (SSSR count). The number of nitrogens with two attached hydrogens (primary N) is 1. The molecule has 94 valence electrons. The average molecular weight is 272 g/mol. The lowest BCUT2D eigenvalue weighted by Gasteiger charge is -2.10. The van der Waals surface area contributed by atoms with Crippen molar-refractivity contribution < 1.29 is 4.39 Å². The fourth-order valence-electron chi connectivity index (χ4n) is 2.26. The van der Waals surface area contributed by atoms with Gasteiger partial charge in [0.1, 0.15) is 5.82 Å². The van der Waals surface area contributed by atoms with Crippen molar-refractivity contribution in [1.29, 1.82) is 0 Å². The number of fused-ring (bicyclic) bond motifs is 1. The summed E-state index contributed by atoms with van der Waals surface area (Å²) in [4.78, 5) is 0. The lowest BCUT2D eigenvalue weighted by Crippen LogP contribution is -1.92. The second-order valence-corrected chi connectivity index (χ2v) is 4.78. The molecule has 0 unspecified atom stereocenters. The van der Waals surface area contributed by atoms with Gasteiger partial charge in [-0.25, -0.2) is 4.39 Å². The number of hydrogen-bond acceptors (Lipinski definition) is 1. The minimum atomic E-state index is -0.303. The van der Waals surface area contributed by atoms with Crippen molar-refractivity contribution >= 4 is 28.1 Å². The van der Waals surface area contributed by atoms with Gasteiger partial charge in [0, 0.05) is 21.7 Å². The lowest BCUT2D eigenvalue weighted by atomic mass is 9.97. The van der Waals surface area contributed by atoms with Crippen molar-refractivity contribution in [3.8, 4) is 11.1 Å². The van der Waals surface area contributed by atoms with Gasteiger partial charge in [0.2, 0.25) is 0 Å². The Hall–Kier alpha value is -2.06. The zero-order chi connectivity index (χ0) is 13.4. The average Bonchev–Trinajstić information content (AvgIpc) is 2.43. The number of nitrogen functional groups attached to an aromatic ring is 1. The second-order valence-electron chi connectivity index (χ2n) is 4.37. The van der Waals surface area contributed by atoms with Gasteiger partial charge in [0.15, 0.2) is 0 Å². The van der Waals surface area contributed by atoms with E-state index >= 15 is 0 Å². The van der Waals surface area contributed by atoms with E-state index in [0.717, 1.165) is 16.3 Å². The Labute approximate surface area is 115 Å². The first kappa shape index (κ1) is 12.0. The van der Waals surface area contributed by atoms with E-state index in [1.807, 2.05) is 36.4 Å².